The van der Waals surface area contributed by atoms with E-state index in [1.807, 2.05) is 11.8 Å². The van der Waals surface area contributed by atoms with E-state index >= 15 is 0 Å². The molecule has 0 aliphatic carbocycles. The molecule has 1 aliphatic rings. The Morgan fingerprint density at radius 1 is 1.50 bits per heavy atom. The lowest BCUT2D eigenvalue weighted by Crippen LogP contribution is -2.47. The number of carboxylic acids is 1. The Morgan fingerprint density at radius 3 is 3.00 bits per heavy atom. The second kappa shape index (κ2) is 6.36. The summed E-state index contributed by atoms with van der Waals surface area (Å²) >= 11 is 0. The Bertz CT molecular complexity index is 504. The highest BCUT2D eigenvalue weighted by atomic mass is 16.4. The van der Waals surface area contributed by atoms with Gasteiger partial charge in [-0.3, -0.25) is 4.98 Å². The van der Waals surface area contributed by atoms with Gasteiger partial charge in [-0.05, 0) is 38.3 Å². The summed E-state index contributed by atoms with van der Waals surface area (Å²) in [7, 11) is 0. The number of carbonyl (C=O) groups excluding carboxylic acids is 1. The monoisotopic (exact) mass is 277 g/mol. The molecule has 1 atom stereocenters. The molecule has 2 heterocycles. The van der Waals surface area contributed by atoms with Crippen molar-refractivity contribution in [3.63, 3.8) is 0 Å². The molecule has 20 heavy (non-hydrogen) atoms. The van der Waals surface area contributed by atoms with Gasteiger partial charge in [-0.25, -0.2) is 9.59 Å². The first-order chi connectivity index (χ1) is 9.58. The van der Waals surface area contributed by atoms with Gasteiger partial charge in [0.25, 0.3) is 0 Å². The van der Waals surface area contributed by atoms with Crippen molar-refractivity contribution in [2.75, 3.05) is 6.54 Å². The van der Waals surface area contributed by atoms with Crippen LogP contribution in [0.25, 0.3) is 0 Å². The van der Waals surface area contributed by atoms with E-state index in [0.717, 1.165) is 25.8 Å². The third kappa shape index (κ3) is 3.46. The smallest absolute Gasteiger partial charge is 0.335 e. The summed E-state index contributed by atoms with van der Waals surface area (Å²) in [5.41, 5.74) is 0.721. The number of piperidine rings is 1. The number of nitrogens with zero attached hydrogens (tertiary/aromatic N) is 2. The number of aromatic carboxylic acids is 1. The van der Waals surface area contributed by atoms with Crippen molar-refractivity contribution in [3.8, 4) is 0 Å². The highest BCUT2D eigenvalue weighted by molar-refractivity contribution is 5.87. The van der Waals surface area contributed by atoms with Crippen molar-refractivity contribution in [1.29, 1.82) is 0 Å². The largest absolute Gasteiger partial charge is 0.478 e. The van der Waals surface area contributed by atoms with Gasteiger partial charge in [-0.1, -0.05) is 0 Å². The summed E-state index contributed by atoms with van der Waals surface area (Å²) in [6.45, 7) is 3.06. The molecule has 2 amide bonds. The predicted molar refractivity (Wildman–Crippen MR) is 73.5 cm³/mol. The zero-order valence-corrected chi connectivity index (χ0v) is 11.5. The molecule has 6 heteroatoms. The van der Waals surface area contributed by atoms with E-state index in [4.69, 9.17) is 5.11 Å². The van der Waals surface area contributed by atoms with E-state index in [1.54, 1.807) is 0 Å². The maximum absolute atomic E-state index is 12.1. The lowest BCUT2D eigenvalue weighted by Gasteiger charge is -2.33. The molecule has 2 rings (SSSR count). The highest BCUT2D eigenvalue weighted by Gasteiger charge is 2.22. The zero-order chi connectivity index (χ0) is 14.5. The quantitative estimate of drug-likeness (QED) is 0.883. The van der Waals surface area contributed by atoms with Crippen LogP contribution in [0, 0.1) is 0 Å². The molecule has 1 unspecified atom stereocenters. The van der Waals surface area contributed by atoms with Gasteiger partial charge in [0.15, 0.2) is 0 Å². The Balaban J connectivity index is 1.92. The van der Waals surface area contributed by atoms with Gasteiger partial charge in [0.1, 0.15) is 0 Å². The molecular weight excluding hydrogens is 258 g/mol. The number of likely N-dealkylation sites (tertiary alicyclic amines) is 1. The van der Waals surface area contributed by atoms with Crippen LogP contribution >= 0.6 is 0 Å². The number of pyridine rings is 1. The molecule has 108 valence electrons. The Kier molecular flexibility index (Phi) is 4.55. The summed E-state index contributed by atoms with van der Waals surface area (Å²) in [4.78, 5) is 28.8. The van der Waals surface area contributed by atoms with Crippen molar-refractivity contribution in [2.24, 2.45) is 0 Å². The SMILES string of the molecule is CC1CCCCN1C(=O)NCc1cc(C(=O)O)ccn1. The molecular formula is C14H19N3O3. The summed E-state index contributed by atoms with van der Waals surface area (Å²) in [6, 6.07) is 3.05. The molecule has 0 radical (unpaired) electrons. The van der Waals surface area contributed by atoms with Crippen LogP contribution in [0.4, 0.5) is 4.79 Å². The van der Waals surface area contributed by atoms with Crippen LogP contribution in [0.5, 0.6) is 0 Å². The number of amides is 2. The van der Waals surface area contributed by atoms with E-state index in [9.17, 15) is 9.59 Å². The first kappa shape index (κ1) is 14.3. The minimum atomic E-state index is -0.996. The molecule has 1 fully saturated rings. The fraction of sp³-hybridized carbons (Fsp3) is 0.500. The molecule has 1 aromatic heterocycles. The molecule has 0 bridgehead atoms. The maximum atomic E-state index is 12.1. The summed E-state index contributed by atoms with van der Waals surface area (Å²) in [6.07, 6.45) is 4.66. The summed E-state index contributed by atoms with van der Waals surface area (Å²) < 4.78 is 0. The van der Waals surface area contributed by atoms with Crippen molar-refractivity contribution in [1.82, 2.24) is 15.2 Å². The first-order valence-corrected chi connectivity index (χ1v) is 6.80. The number of rotatable bonds is 3. The lowest BCUT2D eigenvalue weighted by atomic mass is 10.0. The normalized spacial score (nSPS) is 18.6. The second-order valence-corrected chi connectivity index (χ2v) is 5.04. The maximum Gasteiger partial charge on any atom is 0.335 e. The molecule has 0 saturated carbocycles. The first-order valence-electron chi connectivity index (χ1n) is 6.80. The average molecular weight is 277 g/mol. The molecule has 2 N–H and O–H groups in total. The molecule has 6 nitrogen and oxygen atoms in total. The number of aromatic nitrogens is 1. The van der Waals surface area contributed by atoms with E-state index in [2.05, 4.69) is 10.3 Å². The van der Waals surface area contributed by atoms with Crippen LogP contribution in [0.15, 0.2) is 18.3 Å². The van der Waals surface area contributed by atoms with Crippen molar-refractivity contribution in [2.45, 2.75) is 38.8 Å². The van der Waals surface area contributed by atoms with Crippen LogP contribution in [0.2, 0.25) is 0 Å². The van der Waals surface area contributed by atoms with E-state index in [0.29, 0.717) is 5.69 Å². The molecule has 1 saturated heterocycles. The topological polar surface area (TPSA) is 82.5 Å². The number of hydrogen-bond acceptors (Lipinski definition) is 3. The van der Waals surface area contributed by atoms with Gasteiger partial charge in [0, 0.05) is 18.8 Å². The molecule has 1 aromatic rings. The molecule has 1 aliphatic heterocycles. The number of hydrogen-bond donors (Lipinski definition) is 2. The van der Waals surface area contributed by atoms with Crippen LogP contribution in [-0.2, 0) is 6.54 Å². The average Bonchev–Trinajstić information content (AvgIpc) is 2.45. The third-order valence-corrected chi connectivity index (χ3v) is 3.55. The number of carboxylic acid groups (broad SMARTS) is 1. The van der Waals surface area contributed by atoms with Crippen LogP contribution < -0.4 is 5.32 Å². The molecule has 0 spiro atoms. The Morgan fingerprint density at radius 2 is 2.30 bits per heavy atom. The van der Waals surface area contributed by atoms with Gasteiger partial charge in [-0.15, -0.1) is 0 Å². The minimum absolute atomic E-state index is 0.111. The molecule has 0 aromatic carbocycles. The number of urea groups is 1. The third-order valence-electron chi connectivity index (χ3n) is 3.55. The summed E-state index contributed by atoms with van der Waals surface area (Å²) in [5.74, 6) is -0.996. The van der Waals surface area contributed by atoms with Crippen molar-refractivity contribution < 1.29 is 14.7 Å². The van der Waals surface area contributed by atoms with Crippen molar-refractivity contribution >= 4 is 12.0 Å². The van der Waals surface area contributed by atoms with E-state index in [-0.39, 0.29) is 24.2 Å². The van der Waals surface area contributed by atoms with Gasteiger partial charge in [-0.2, -0.15) is 0 Å². The Hall–Kier alpha value is -2.11. The fourth-order valence-corrected chi connectivity index (χ4v) is 2.38. The standard InChI is InChI=1S/C14H19N3O3/c1-10-4-2-3-7-17(10)14(20)16-9-12-8-11(13(18)19)5-6-15-12/h5-6,8,10H,2-4,7,9H2,1H3,(H,16,20)(H,18,19). The fourth-order valence-electron chi connectivity index (χ4n) is 2.38. The van der Waals surface area contributed by atoms with Gasteiger partial charge >= 0.3 is 12.0 Å². The zero-order valence-electron chi connectivity index (χ0n) is 11.5. The van der Waals surface area contributed by atoms with Crippen LogP contribution in [-0.4, -0.2) is 39.6 Å². The Labute approximate surface area is 117 Å². The highest BCUT2D eigenvalue weighted by Crippen LogP contribution is 2.16. The predicted octanol–water partition coefficient (Wildman–Crippen LogP) is 1.86. The minimum Gasteiger partial charge on any atom is -0.478 e. The van der Waals surface area contributed by atoms with Crippen LogP contribution in [0.3, 0.4) is 0 Å². The number of carbonyl (C=O) groups is 2. The summed E-state index contributed by atoms with van der Waals surface area (Å²) in [5, 5.41) is 11.7. The lowest BCUT2D eigenvalue weighted by molar-refractivity contribution is 0.0696. The number of nitrogens with one attached hydrogen (secondary N) is 1. The van der Waals surface area contributed by atoms with Crippen molar-refractivity contribution in [3.05, 3.63) is 29.6 Å². The van der Waals surface area contributed by atoms with Gasteiger partial charge in [0.2, 0.25) is 0 Å². The van der Waals surface area contributed by atoms with E-state index < -0.39 is 5.97 Å². The van der Waals surface area contributed by atoms with Gasteiger partial charge in [0.05, 0.1) is 17.8 Å². The van der Waals surface area contributed by atoms with Crippen LogP contribution in [0.1, 0.15) is 42.2 Å². The van der Waals surface area contributed by atoms with Gasteiger partial charge < -0.3 is 15.3 Å². The second-order valence-electron chi connectivity index (χ2n) is 5.04. The van der Waals surface area contributed by atoms with E-state index in [1.165, 1.54) is 18.3 Å².